The van der Waals surface area contributed by atoms with E-state index in [2.05, 4.69) is 26.2 Å². The molecule has 0 nitrogen and oxygen atoms in total. The summed E-state index contributed by atoms with van der Waals surface area (Å²) < 4.78 is 1.78. The maximum atomic E-state index is 5.67. The molecule has 0 aromatic heterocycles. The van der Waals surface area contributed by atoms with E-state index < -0.39 is 7.38 Å². The number of rotatable bonds is 0. The smallest absolute Gasteiger partial charge is 0.147 e. The fraction of sp³-hybridized carbons (Fsp3) is 0.600. The molecule has 52 valence electrons. The van der Waals surface area contributed by atoms with Crippen molar-refractivity contribution in [2.45, 2.75) is 19.6 Å². The van der Waals surface area contributed by atoms with E-state index in [-0.39, 0.29) is 17.0 Å². The molecule has 0 fully saturated rings. The molecule has 0 saturated carbocycles. The molecule has 0 rings (SSSR count). The van der Waals surface area contributed by atoms with E-state index in [1.54, 1.807) is 25.9 Å². The third-order valence-electron chi connectivity index (χ3n) is 0. The second-order valence-electron chi connectivity index (χ2n) is 2.36. The normalized spacial score (nSPS) is 8.22. The fourth-order valence-corrected chi connectivity index (χ4v) is 0. The monoisotopic (exact) mass is 238 g/mol. The van der Waals surface area contributed by atoms with E-state index in [0.29, 0.717) is 0 Å². The van der Waals surface area contributed by atoms with Gasteiger partial charge in [0.2, 0.25) is 0 Å². The van der Waals surface area contributed by atoms with E-state index >= 15 is 0 Å². The largest absolute Gasteiger partial charge is 1.00 e. The SMILES string of the molecule is C=[CH][Mg+].C[Si](C)(C)Cl.[Br-]. The summed E-state index contributed by atoms with van der Waals surface area (Å²) in [5, 5.41) is 0. The predicted molar refractivity (Wildman–Crippen MR) is 45.2 cm³/mol. The van der Waals surface area contributed by atoms with Crippen LogP contribution in [0.1, 0.15) is 0 Å². The van der Waals surface area contributed by atoms with Gasteiger partial charge in [0.1, 0.15) is 7.38 Å². The molecule has 0 radical (unpaired) electrons. The molecule has 0 spiro atoms. The van der Waals surface area contributed by atoms with Gasteiger partial charge in [-0.05, 0) is 0 Å². The number of halogens is 2. The van der Waals surface area contributed by atoms with Gasteiger partial charge < -0.3 is 17.0 Å². The van der Waals surface area contributed by atoms with Crippen molar-refractivity contribution < 1.29 is 17.0 Å². The summed E-state index contributed by atoms with van der Waals surface area (Å²) in [6.07, 6.45) is 0. The molecule has 0 amide bonds. The Hall–Kier alpha value is 1.49. The third-order valence-corrected chi connectivity index (χ3v) is 0. The maximum Gasteiger partial charge on any atom is 0.147 e. The molecule has 0 saturated heterocycles. The average Bonchev–Trinajstić information content (AvgIpc) is 1.27. The van der Waals surface area contributed by atoms with Crippen molar-refractivity contribution in [1.29, 1.82) is 0 Å². The first-order valence-electron chi connectivity index (χ1n) is 2.51. The maximum absolute atomic E-state index is 5.67. The van der Waals surface area contributed by atoms with Crippen molar-refractivity contribution in [2.75, 3.05) is 0 Å². The molecule has 0 aromatic carbocycles. The van der Waals surface area contributed by atoms with Gasteiger partial charge in [0.15, 0.2) is 0 Å². The molecule has 0 aliphatic rings. The second kappa shape index (κ2) is 9.49. The van der Waals surface area contributed by atoms with Gasteiger partial charge in [-0.15, -0.1) is 0 Å². The van der Waals surface area contributed by atoms with Gasteiger partial charge in [0.05, 0.1) is 0 Å². The Balaban J connectivity index is -0.0000000800. The first-order valence-corrected chi connectivity index (χ1v) is 7.83. The van der Waals surface area contributed by atoms with Gasteiger partial charge in [-0.25, -0.2) is 0 Å². The molecular weight excluding hydrogens is 228 g/mol. The topological polar surface area (TPSA) is 0 Å². The Labute approximate surface area is 87.0 Å². The number of hydrogen-bond acceptors (Lipinski definition) is 0. The van der Waals surface area contributed by atoms with Crippen LogP contribution >= 0.6 is 11.1 Å². The summed E-state index contributed by atoms with van der Waals surface area (Å²) >= 11 is 7.41. The van der Waals surface area contributed by atoms with Crippen LogP contribution in [0.2, 0.25) is 19.6 Å². The fourth-order valence-electron chi connectivity index (χ4n) is 0. The quantitative estimate of drug-likeness (QED) is 0.390. The molecule has 9 heavy (non-hydrogen) atoms. The van der Waals surface area contributed by atoms with Gasteiger partial charge >= 0.3 is 32.5 Å². The van der Waals surface area contributed by atoms with Crippen LogP contribution in [0.3, 0.4) is 0 Å². The van der Waals surface area contributed by atoms with E-state index in [4.69, 9.17) is 11.1 Å². The Morgan fingerprint density at radius 1 is 1.44 bits per heavy atom. The van der Waals surface area contributed by atoms with Crippen LogP contribution in [0.15, 0.2) is 10.8 Å². The van der Waals surface area contributed by atoms with Crippen molar-refractivity contribution in [1.82, 2.24) is 0 Å². The van der Waals surface area contributed by atoms with Crippen LogP contribution in [0, 0.1) is 0 Å². The Morgan fingerprint density at radius 3 is 1.44 bits per heavy atom. The molecule has 0 aliphatic carbocycles. The Morgan fingerprint density at radius 2 is 1.44 bits per heavy atom. The summed E-state index contributed by atoms with van der Waals surface area (Å²) in [6.45, 7) is 9.65. The minimum absolute atomic E-state index is 0. The van der Waals surface area contributed by atoms with Crippen LogP contribution < -0.4 is 17.0 Å². The standard InChI is InChI=1S/C3H9ClSi.C2H3.BrH.Mg/c1-5(2,3)4;1-2;;/h1-3H3;1H,2H2;1H;/q;;;+1/p-1. The van der Waals surface area contributed by atoms with E-state index in [0.717, 1.165) is 0 Å². The van der Waals surface area contributed by atoms with Crippen LogP contribution in [0.25, 0.3) is 0 Å². The predicted octanol–water partition coefficient (Wildman–Crippen LogP) is -0.638. The zero-order valence-corrected chi connectivity index (χ0v) is 11.0. The van der Waals surface area contributed by atoms with Crippen molar-refractivity contribution in [3.8, 4) is 0 Å². The van der Waals surface area contributed by atoms with E-state index in [1.165, 1.54) is 0 Å². The van der Waals surface area contributed by atoms with Crippen LogP contribution in [-0.4, -0.2) is 29.1 Å². The minimum Gasteiger partial charge on any atom is -1.00 e. The molecule has 0 unspecified atom stereocenters. The average molecular weight is 240 g/mol. The molecule has 0 N–H and O–H groups in total. The van der Waals surface area contributed by atoms with Crippen LogP contribution in [0.4, 0.5) is 0 Å². The van der Waals surface area contributed by atoms with Gasteiger partial charge in [0, 0.05) is 0 Å². The first-order chi connectivity index (χ1) is 3.41. The summed E-state index contributed by atoms with van der Waals surface area (Å²) in [4.78, 5) is 0. The van der Waals surface area contributed by atoms with Gasteiger partial charge in [-0.2, -0.15) is 11.1 Å². The summed E-state index contributed by atoms with van der Waals surface area (Å²) in [5.41, 5.74) is 0. The van der Waals surface area contributed by atoms with Gasteiger partial charge in [-0.1, -0.05) is 19.6 Å². The molecule has 0 heterocycles. The number of hydrogen-bond donors (Lipinski definition) is 0. The summed E-state index contributed by atoms with van der Waals surface area (Å²) in [7, 11) is -1.14. The van der Waals surface area contributed by atoms with Crippen molar-refractivity contribution in [3.05, 3.63) is 10.8 Å². The first kappa shape index (κ1) is 16.8. The van der Waals surface area contributed by atoms with Crippen molar-refractivity contribution in [3.63, 3.8) is 0 Å². The van der Waals surface area contributed by atoms with Crippen LogP contribution in [0.5, 0.6) is 0 Å². The molecule has 0 aromatic rings. The third kappa shape index (κ3) is 239. The molecular formula is C5H12BrClMgSi. The Bertz CT molecular complexity index is 56.5. The van der Waals surface area contributed by atoms with Crippen molar-refractivity contribution >= 4 is 40.2 Å². The van der Waals surface area contributed by atoms with Crippen molar-refractivity contribution in [2.24, 2.45) is 0 Å². The molecule has 0 atom stereocenters. The minimum atomic E-state index is -1.14. The summed E-state index contributed by atoms with van der Waals surface area (Å²) in [6, 6.07) is 0. The summed E-state index contributed by atoms with van der Waals surface area (Å²) in [5.74, 6) is 0. The molecule has 0 aliphatic heterocycles. The zero-order chi connectivity index (χ0) is 7.21. The van der Waals surface area contributed by atoms with E-state index in [9.17, 15) is 0 Å². The van der Waals surface area contributed by atoms with Gasteiger partial charge in [0.25, 0.3) is 0 Å². The second-order valence-corrected chi connectivity index (χ2v) is 10.5. The van der Waals surface area contributed by atoms with E-state index in [1.807, 2.05) is 0 Å². The molecule has 0 bridgehead atoms. The van der Waals surface area contributed by atoms with Gasteiger partial charge in [-0.3, -0.25) is 0 Å². The Kier molecular flexibility index (Phi) is 17.8. The van der Waals surface area contributed by atoms with Crippen LogP contribution in [-0.2, 0) is 0 Å². The zero-order valence-electron chi connectivity index (χ0n) is 6.25. The molecule has 4 heteroatoms.